The van der Waals surface area contributed by atoms with Gasteiger partial charge in [0.15, 0.2) is 5.58 Å². The lowest BCUT2D eigenvalue weighted by molar-refractivity contribution is 0.571. The van der Waals surface area contributed by atoms with E-state index in [1.165, 1.54) is 0 Å². The lowest BCUT2D eigenvalue weighted by Crippen LogP contribution is -2.20. The predicted molar refractivity (Wildman–Crippen MR) is 88.7 cm³/mol. The third kappa shape index (κ3) is 2.19. The summed E-state index contributed by atoms with van der Waals surface area (Å²) in [6, 6.07) is 0. The number of aromatic nitrogens is 1. The van der Waals surface area contributed by atoms with Gasteiger partial charge in [0.1, 0.15) is 5.52 Å². The summed E-state index contributed by atoms with van der Waals surface area (Å²) in [6.07, 6.45) is 3.90. The molecule has 0 aliphatic carbocycles. The number of nitrogens with one attached hydrogen (secondary N) is 1. The maximum atomic E-state index is 6.11. The third-order valence-corrected chi connectivity index (χ3v) is 5.25. The van der Waals surface area contributed by atoms with Crippen LogP contribution in [0.3, 0.4) is 0 Å². The number of aryl methyl sites for hydroxylation is 1. The first-order chi connectivity index (χ1) is 9.63. The van der Waals surface area contributed by atoms with Crippen LogP contribution in [0.15, 0.2) is 19.4 Å². The monoisotopic (exact) mass is 399 g/mol. The molecule has 0 radical (unpaired) electrons. The number of hydrogen-bond donors (Lipinski definition) is 2. The first kappa shape index (κ1) is 14.1. The fraction of sp³-hybridized carbons (Fsp3) is 0.357. The van der Waals surface area contributed by atoms with E-state index in [0.29, 0.717) is 11.6 Å². The van der Waals surface area contributed by atoms with Gasteiger partial charge in [0.25, 0.3) is 0 Å². The predicted octanol–water partition coefficient (Wildman–Crippen LogP) is 3.87. The van der Waals surface area contributed by atoms with E-state index in [-0.39, 0.29) is 0 Å². The summed E-state index contributed by atoms with van der Waals surface area (Å²) in [5.74, 6) is 0.703. The van der Waals surface area contributed by atoms with Gasteiger partial charge in [0.2, 0.25) is 5.89 Å². The summed E-state index contributed by atoms with van der Waals surface area (Å²) in [5, 5.41) is 3.29. The smallest absolute Gasteiger partial charge is 0.223 e. The van der Waals surface area contributed by atoms with Gasteiger partial charge in [-0.2, -0.15) is 0 Å². The summed E-state index contributed by atoms with van der Waals surface area (Å²) < 4.78 is 7.71. The number of benzene rings is 1. The maximum Gasteiger partial charge on any atom is 0.223 e. The molecule has 0 saturated carbocycles. The maximum absolute atomic E-state index is 6.11. The SMILES string of the molecule is CCc1c(Br)c(N)c(Br)c2nc(C3=CCNCC3)oc12. The van der Waals surface area contributed by atoms with Crippen molar-refractivity contribution >= 4 is 54.2 Å². The molecule has 1 aromatic heterocycles. The van der Waals surface area contributed by atoms with E-state index in [0.717, 1.165) is 57.1 Å². The second-order valence-electron chi connectivity index (χ2n) is 4.75. The Bertz CT molecular complexity index is 706. The summed E-state index contributed by atoms with van der Waals surface area (Å²) in [4.78, 5) is 4.64. The van der Waals surface area contributed by atoms with Crippen LogP contribution < -0.4 is 11.1 Å². The number of fused-ring (bicyclic) bond motifs is 1. The number of oxazole rings is 1. The molecule has 1 aliphatic rings. The Hall–Kier alpha value is -0.850. The molecular formula is C14H15Br2N3O. The molecule has 0 atom stereocenters. The molecule has 4 nitrogen and oxygen atoms in total. The van der Waals surface area contributed by atoms with Crippen molar-refractivity contribution in [3.05, 3.63) is 26.5 Å². The minimum atomic E-state index is 0.675. The number of hydrogen-bond acceptors (Lipinski definition) is 4. The van der Waals surface area contributed by atoms with Crippen LogP contribution in [0.5, 0.6) is 0 Å². The molecule has 2 heterocycles. The molecule has 20 heavy (non-hydrogen) atoms. The largest absolute Gasteiger partial charge is 0.436 e. The van der Waals surface area contributed by atoms with Gasteiger partial charge in [-0.1, -0.05) is 13.0 Å². The average Bonchev–Trinajstić information content (AvgIpc) is 2.91. The van der Waals surface area contributed by atoms with Crippen LogP contribution in [-0.2, 0) is 6.42 Å². The van der Waals surface area contributed by atoms with Gasteiger partial charge in [-0.3, -0.25) is 0 Å². The molecule has 1 aromatic carbocycles. The Labute approximate surface area is 134 Å². The van der Waals surface area contributed by atoms with E-state index < -0.39 is 0 Å². The Kier molecular flexibility index (Phi) is 3.88. The van der Waals surface area contributed by atoms with E-state index in [4.69, 9.17) is 10.2 Å². The summed E-state index contributed by atoms with van der Waals surface area (Å²) >= 11 is 7.07. The van der Waals surface area contributed by atoms with Gasteiger partial charge >= 0.3 is 0 Å². The van der Waals surface area contributed by atoms with E-state index in [9.17, 15) is 0 Å². The van der Waals surface area contributed by atoms with Crippen molar-refractivity contribution in [2.75, 3.05) is 18.8 Å². The number of nitrogens with two attached hydrogens (primary N) is 1. The van der Waals surface area contributed by atoms with Crippen LogP contribution in [0.1, 0.15) is 24.8 Å². The second kappa shape index (κ2) is 5.50. The number of halogens is 2. The van der Waals surface area contributed by atoms with Crippen molar-refractivity contribution in [3.63, 3.8) is 0 Å². The van der Waals surface area contributed by atoms with Gasteiger partial charge in [0, 0.05) is 22.2 Å². The van der Waals surface area contributed by atoms with E-state index in [2.05, 4.69) is 55.2 Å². The number of nitrogen functional groups attached to an aromatic ring is 1. The van der Waals surface area contributed by atoms with Crippen molar-refractivity contribution in [3.8, 4) is 0 Å². The Morgan fingerprint density at radius 3 is 2.85 bits per heavy atom. The molecule has 2 aromatic rings. The van der Waals surface area contributed by atoms with Gasteiger partial charge in [-0.05, 0) is 51.2 Å². The van der Waals surface area contributed by atoms with Crippen molar-refractivity contribution < 1.29 is 4.42 Å². The molecule has 1 aliphatic heterocycles. The third-order valence-electron chi connectivity index (χ3n) is 3.54. The number of anilines is 1. The zero-order valence-corrected chi connectivity index (χ0v) is 14.3. The normalized spacial score (nSPS) is 15.7. The molecule has 0 spiro atoms. The molecule has 3 rings (SSSR count). The highest BCUT2D eigenvalue weighted by atomic mass is 79.9. The minimum absolute atomic E-state index is 0.675. The van der Waals surface area contributed by atoms with Crippen LogP contribution in [0.2, 0.25) is 0 Å². The number of nitrogens with zero attached hydrogens (tertiary/aromatic N) is 1. The minimum Gasteiger partial charge on any atom is -0.436 e. The van der Waals surface area contributed by atoms with Crippen molar-refractivity contribution in [1.29, 1.82) is 0 Å². The Balaban J connectivity index is 2.24. The summed E-state index contributed by atoms with van der Waals surface area (Å²) in [5.41, 5.74) is 10.6. The highest BCUT2D eigenvalue weighted by molar-refractivity contribution is 9.11. The molecule has 106 valence electrons. The lowest BCUT2D eigenvalue weighted by Gasteiger charge is -2.10. The number of rotatable bonds is 2. The summed E-state index contributed by atoms with van der Waals surface area (Å²) in [7, 11) is 0. The zero-order valence-electron chi connectivity index (χ0n) is 11.1. The van der Waals surface area contributed by atoms with E-state index in [1.807, 2.05) is 0 Å². The van der Waals surface area contributed by atoms with Gasteiger partial charge in [0.05, 0.1) is 10.2 Å². The average molecular weight is 401 g/mol. The van der Waals surface area contributed by atoms with Crippen LogP contribution in [0.25, 0.3) is 16.7 Å². The fourth-order valence-corrected chi connectivity index (χ4v) is 3.82. The highest BCUT2D eigenvalue weighted by Crippen LogP contribution is 2.40. The molecule has 0 unspecified atom stereocenters. The highest BCUT2D eigenvalue weighted by Gasteiger charge is 2.21. The van der Waals surface area contributed by atoms with Gasteiger partial charge in [-0.25, -0.2) is 4.98 Å². The molecule has 0 saturated heterocycles. The molecular weight excluding hydrogens is 386 g/mol. The topological polar surface area (TPSA) is 64.1 Å². The van der Waals surface area contributed by atoms with E-state index >= 15 is 0 Å². The van der Waals surface area contributed by atoms with Gasteiger partial charge in [-0.15, -0.1) is 0 Å². The van der Waals surface area contributed by atoms with Crippen molar-refractivity contribution in [1.82, 2.24) is 10.3 Å². The van der Waals surface area contributed by atoms with Crippen molar-refractivity contribution in [2.45, 2.75) is 19.8 Å². The Morgan fingerprint density at radius 2 is 2.20 bits per heavy atom. The van der Waals surface area contributed by atoms with Crippen LogP contribution in [-0.4, -0.2) is 18.1 Å². The quantitative estimate of drug-likeness (QED) is 0.751. The van der Waals surface area contributed by atoms with E-state index in [1.54, 1.807) is 0 Å². The standard InChI is InChI=1S/C14H15Br2N3O/c1-2-8-9(15)11(17)10(16)12-13(8)20-14(19-12)7-3-5-18-6-4-7/h3,18H,2,4-6,17H2,1H3. The first-order valence-corrected chi connectivity index (χ1v) is 8.18. The molecule has 0 amide bonds. The van der Waals surface area contributed by atoms with Crippen LogP contribution >= 0.6 is 31.9 Å². The molecule has 3 N–H and O–H groups in total. The zero-order chi connectivity index (χ0) is 14.3. The van der Waals surface area contributed by atoms with Crippen LogP contribution in [0.4, 0.5) is 5.69 Å². The van der Waals surface area contributed by atoms with Gasteiger partial charge < -0.3 is 15.5 Å². The molecule has 6 heteroatoms. The Morgan fingerprint density at radius 1 is 1.40 bits per heavy atom. The second-order valence-corrected chi connectivity index (χ2v) is 6.34. The van der Waals surface area contributed by atoms with Crippen LogP contribution in [0, 0.1) is 0 Å². The lowest BCUT2D eigenvalue weighted by atomic mass is 10.1. The molecule has 0 fully saturated rings. The van der Waals surface area contributed by atoms with Crippen molar-refractivity contribution in [2.24, 2.45) is 0 Å². The summed E-state index contributed by atoms with van der Waals surface area (Å²) in [6.45, 7) is 3.90. The fourth-order valence-electron chi connectivity index (χ4n) is 2.43. The first-order valence-electron chi connectivity index (χ1n) is 6.59. The molecule has 0 bridgehead atoms.